The molecule has 0 radical (unpaired) electrons. The molecule has 0 saturated carbocycles. The summed E-state index contributed by atoms with van der Waals surface area (Å²) in [6, 6.07) is 13.5. The van der Waals surface area contributed by atoms with Gasteiger partial charge in [-0.15, -0.1) is 0 Å². The highest BCUT2D eigenvalue weighted by Gasteiger charge is 2.09. The van der Waals surface area contributed by atoms with E-state index in [4.69, 9.17) is 5.73 Å². The van der Waals surface area contributed by atoms with E-state index in [9.17, 15) is 9.18 Å². The first kappa shape index (κ1) is 14.0. The number of fused-ring (bicyclic) bond motifs is 1. The molecule has 0 spiro atoms. The zero-order valence-electron chi connectivity index (χ0n) is 11.7. The average molecular weight is 295 g/mol. The van der Waals surface area contributed by atoms with Crippen LogP contribution in [0.2, 0.25) is 0 Å². The second kappa shape index (κ2) is 5.81. The molecular formula is C17H14FN3O. The molecule has 4 nitrogen and oxygen atoms in total. The van der Waals surface area contributed by atoms with Gasteiger partial charge in [0.15, 0.2) is 0 Å². The smallest absolute Gasteiger partial charge is 0.250 e. The summed E-state index contributed by atoms with van der Waals surface area (Å²) < 4.78 is 13.2. The number of halogens is 1. The van der Waals surface area contributed by atoms with Crippen molar-refractivity contribution in [2.45, 2.75) is 6.54 Å². The highest BCUT2D eigenvalue weighted by Crippen LogP contribution is 2.24. The summed E-state index contributed by atoms with van der Waals surface area (Å²) >= 11 is 0. The van der Waals surface area contributed by atoms with E-state index in [0.29, 0.717) is 17.6 Å². The molecule has 0 fully saturated rings. The molecule has 110 valence electrons. The van der Waals surface area contributed by atoms with E-state index in [0.717, 1.165) is 16.6 Å². The maximum absolute atomic E-state index is 13.2. The quantitative estimate of drug-likeness (QED) is 0.777. The summed E-state index contributed by atoms with van der Waals surface area (Å²) in [5.41, 5.74) is 7.95. The fourth-order valence-electron chi connectivity index (χ4n) is 2.37. The fourth-order valence-corrected chi connectivity index (χ4v) is 2.37. The Kier molecular flexibility index (Phi) is 3.70. The lowest BCUT2D eigenvalue weighted by molar-refractivity contribution is 0.100. The lowest BCUT2D eigenvalue weighted by Gasteiger charge is -2.11. The van der Waals surface area contributed by atoms with Crippen LogP contribution in [0.5, 0.6) is 0 Å². The van der Waals surface area contributed by atoms with Crippen LogP contribution in [0.25, 0.3) is 10.9 Å². The summed E-state index contributed by atoms with van der Waals surface area (Å²) in [6.45, 7) is 0.470. The second-order valence-corrected chi connectivity index (χ2v) is 4.91. The Morgan fingerprint density at radius 1 is 1.18 bits per heavy atom. The van der Waals surface area contributed by atoms with Gasteiger partial charge in [-0.1, -0.05) is 24.3 Å². The molecule has 0 atom stereocenters. The van der Waals surface area contributed by atoms with Gasteiger partial charge in [-0.2, -0.15) is 0 Å². The highest BCUT2D eigenvalue weighted by atomic mass is 19.1. The molecule has 0 aliphatic heterocycles. The van der Waals surface area contributed by atoms with Gasteiger partial charge in [-0.25, -0.2) is 4.39 Å². The number of rotatable bonds is 4. The number of aromatic nitrogens is 1. The number of anilines is 1. The minimum absolute atomic E-state index is 0.269. The van der Waals surface area contributed by atoms with Gasteiger partial charge in [0.1, 0.15) is 5.82 Å². The van der Waals surface area contributed by atoms with Crippen LogP contribution in [0, 0.1) is 5.82 Å². The highest BCUT2D eigenvalue weighted by molar-refractivity contribution is 6.07. The lowest BCUT2D eigenvalue weighted by Crippen LogP contribution is -2.12. The maximum Gasteiger partial charge on any atom is 0.250 e. The van der Waals surface area contributed by atoms with Crippen molar-refractivity contribution in [3.05, 3.63) is 71.7 Å². The summed E-state index contributed by atoms with van der Waals surface area (Å²) in [6.07, 6.45) is 1.61. The third kappa shape index (κ3) is 2.74. The van der Waals surface area contributed by atoms with Crippen LogP contribution in [0.15, 0.2) is 54.7 Å². The number of carbonyl (C=O) groups excluding carboxylic acids is 1. The number of nitrogens with one attached hydrogen (secondary N) is 1. The van der Waals surface area contributed by atoms with Crippen molar-refractivity contribution >= 4 is 22.5 Å². The first-order valence-corrected chi connectivity index (χ1v) is 6.81. The summed E-state index contributed by atoms with van der Waals surface area (Å²) in [5, 5.41) is 4.04. The summed E-state index contributed by atoms with van der Waals surface area (Å²) in [7, 11) is 0. The molecule has 1 heterocycles. The Morgan fingerprint density at radius 2 is 2.00 bits per heavy atom. The molecule has 5 heteroatoms. The van der Waals surface area contributed by atoms with E-state index in [1.807, 2.05) is 18.2 Å². The number of nitrogens with two attached hydrogens (primary N) is 1. The average Bonchev–Trinajstić information content (AvgIpc) is 2.52. The van der Waals surface area contributed by atoms with Gasteiger partial charge in [-0.05, 0) is 29.8 Å². The normalized spacial score (nSPS) is 10.6. The van der Waals surface area contributed by atoms with Gasteiger partial charge in [0.2, 0.25) is 0 Å². The summed E-state index contributed by atoms with van der Waals surface area (Å²) in [5.74, 6) is -0.782. The van der Waals surface area contributed by atoms with Crippen molar-refractivity contribution in [3.63, 3.8) is 0 Å². The monoisotopic (exact) mass is 295 g/mol. The fraction of sp³-hybridized carbons (Fsp3) is 0.0588. The zero-order valence-corrected chi connectivity index (χ0v) is 11.7. The van der Waals surface area contributed by atoms with E-state index in [1.54, 1.807) is 24.4 Å². The van der Waals surface area contributed by atoms with Crippen molar-refractivity contribution in [3.8, 4) is 0 Å². The number of amides is 1. The maximum atomic E-state index is 13.2. The Morgan fingerprint density at radius 3 is 2.77 bits per heavy atom. The van der Waals surface area contributed by atoms with Crippen molar-refractivity contribution in [2.75, 3.05) is 5.32 Å². The molecule has 1 aromatic heterocycles. The van der Waals surface area contributed by atoms with E-state index in [1.165, 1.54) is 12.1 Å². The number of para-hydroxylation sites is 1. The molecule has 22 heavy (non-hydrogen) atoms. The Labute approximate surface area is 126 Å². The van der Waals surface area contributed by atoms with Crippen molar-refractivity contribution in [1.29, 1.82) is 0 Å². The molecule has 1 amide bonds. The first-order chi connectivity index (χ1) is 10.6. The molecule has 3 N–H and O–H groups in total. The van der Waals surface area contributed by atoms with Gasteiger partial charge < -0.3 is 11.1 Å². The number of hydrogen-bond acceptors (Lipinski definition) is 3. The number of pyridine rings is 1. The topological polar surface area (TPSA) is 68.0 Å². The molecule has 0 saturated heterocycles. The van der Waals surface area contributed by atoms with Crippen molar-refractivity contribution < 1.29 is 9.18 Å². The number of hydrogen-bond donors (Lipinski definition) is 2. The lowest BCUT2D eigenvalue weighted by atomic mass is 10.1. The van der Waals surface area contributed by atoms with Gasteiger partial charge in [0.05, 0.1) is 11.1 Å². The number of carbonyl (C=O) groups is 1. The van der Waals surface area contributed by atoms with Crippen molar-refractivity contribution in [2.24, 2.45) is 5.73 Å². The standard InChI is InChI=1S/C17H14FN3O/c18-12-4-1-3-11(9-12)10-21-15-7-8-20-16-13(15)5-2-6-14(16)17(19)22/h1-9H,10H2,(H2,19,22)(H,20,21). The number of benzene rings is 2. The minimum Gasteiger partial charge on any atom is -0.380 e. The van der Waals surface area contributed by atoms with Crippen LogP contribution in [0.4, 0.5) is 10.1 Å². The minimum atomic E-state index is -0.514. The van der Waals surface area contributed by atoms with Gasteiger partial charge in [0.25, 0.3) is 5.91 Å². The first-order valence-electron chi connectivity index (χ1n) is 6.81. The van der Waals surface area contributed by atoms with E-state index in [-0.39, 0.29) is 5.82 Å². The molecular weight excluding hydrogens is 281 g/mol. The van der Waals surface area contributed by atoms with E-state index in [2.05, 4.69) is 10.3 Å². The molecule has 0 bridgehead atoms. The Bertz CT molecular complexity index is 848. The van der Waals surface area contributed by atoms with Gasteiger partial charge >= 0.3 is 0 Å². The zero-order chi connectivity index (χ0) is 15.5. The third-order valence-electron chi connectivity index (χ3n) is 3.41. The Balaban J connectivity index is 1.94. The molecule has 3 aromatic rings. The predicted octanol–water partition coefficient (Wildman–Crippen LogP) is 3.08. The largest absolute Gasteiger partial charge is 0.380 e. The van der Waals surface area contributed by atoms with Crippen LogP contribution in [0.3, 0.4) is 0 Å². The SMILES string of the molecule is NC(=O)c1cccc2c(NCc3cccc(F)c3)ccnc12. The van der Waals surface area contributed by atoms with Crippen LogP contribution >= 0.6 is 0 Å². The summed E-state index contributed by atoms with van der Waals surface area (Å²) in [4.78, 5) is 15.7. The van der Waals surface area contributed by atoms with Crippen LogP contribution in [0.1, 0.15) is 15.9 Å². The molecule has 0 aliphatic rings. The van der Waals surface area contributed by atoms with E-state index < -0.39 is 5.91 Å². The number of nitrogens with zero attached hydrogens (tertiary/aromatic N) is 1. The molecule has 0 aliphatic carbocycles. The predicted molar refractivity (Wildman–Crippen MR) is 84.0 cm³/mol. The van der Waals surface area contributed by atoms with Crippen LogP contribution < -0.4 is 11.1 Å². The second-order valence-electron chi connectivity index (χ2n) is 4.91. The van der Waals surface area contributed by atoms with Gasteiger partial charge in [0, 0.05) is 23.8 Å². The van der Waals surface area contributed by atoms with Crippen LogP contribution in [-0.4, -0.2) is 10.9 Å². The molecule has 0 unspecified atom stereocenters. The Hall–Kier alpha value is -2.95. The molecule has 3 rings (SSSR count). The van der Waals surface area contributed by atoms with E-state index >= 15 is 0 Å². The number of primary amides is 1. The van der Waals surface area contributed by atoms with Crippen molar-refractivity contribution in [1.82, 2.24) is 4.98 Å². The van der Waals surface area contributed by atoms with Gasteiger partial charge in [-0.3, -0.25) is 9.78 Å². The molecule has 2 aromatic carbocycles. The van der Waals surface area contributed by atoms with Crippen LogP contribution in [-0.2, 0) is 6.54 Å². The third-order valence-corrected chi connectivity index (χ3v) is 3.41.